The second-order valence-electron chi connectivity index (χ2n) is 4.15. The van der Waals surface area contributed by atoms with Crippen LogP contribution < -0.4 is 5.32 Å². The summed E-state index contributed by atoms with van der Waals surface area (Å²) in [4.78, 5) is 4.36. The van der Waals surface area contributed by atoms with E-state index < -0.39 is 0 Å². The molecule has 0 aromatic carbocycles. The lowest BCUT2D eigenvalue weighted by atomic mass is 10.2. The first kappa shape index (κ1) is 14.5. The molecule has 0 atom stereocenters. The molecule has 0 saturated carbocycles. The molecule has 1 N–H and O–H groups in total. The molecule has 2 nitrogen and oxygen atoms in total. The lowest BCUT2D eigenvalue weighted by molar-refractivity contribution is 0.584. The van der Waals surface area contributed by atoms with E-state index in [0.717, 1.165) is 27.7 Å². The van der Waals surface area contributed by atoms with Gasteiger partial charge in [-0.2, -0.15) is 11.8 Å². The van der Waals surface area contributed by atoms with Gasteiger partial charge in [-0.15, -0.1) is 0 Å². The fraction of sp³-hybridized carbons (Fsp3) is 0.545. The molecule has 1 aromatic heterocycles. The zero-order chi connectivity index (χ0) is 12.2. The highest BCUT2D eigenvalue weighted by molar-refractivity contribution is 9.11. The van der Waals surface area contributed by atoms with E-state index in [1.807, 2.05) is 24.0 Å². The Kier molecular flexibility index (Phi) is 5.77. The molecule has 0 aliphatic rings. The Balaban J connectivity index is 2.49. The summed E-state index contributed by atoms with van der Waals surface area (Å²) in [5, 5.41) is 3.42. The normalized spacial score (nSPS) is 11.8. The Morgan fingerprint density at radius 2 is 2.12 bits per heavy atom. The Labute approximate surface area is 118 Å². The molecule has 0 spiro atoms. The smallest absolute Gasteiger partial charge is 0.0684 e. The second kappa shape index (κ2) is 6.38. The van der Waals surface area contributed by atoms with Gasteiger partial charge in [0.05, 0.1) is 5.69 Å². The zero-order valence-corrected chi connectivity index (χ0v) is 13.7. The van der Waals surface area contributed by atoms with E-state index in [9.17, 15) is 0 Å². The predicted molar refractivity (Wildman–Crippen MR) is 78.9 cm³/mol. The molecule has 0 amide bonds. The van der Waals surface area contributed by atoms with E-state index in [0.29, 0.717) is 0 Å². The van der Waals surface area contributed by atoms with Crippen molar-refractivity contribution in [2.45, 2.75) is 25.1 Å². The summed E-state index contributed by atoms with van der Waals surface area (Å²) in [6.07, 6.45) is 3.96. The monoisotopic (exact) mass is 366 g/mol. The number of hydrogen-bond acceptors (Lipinski definition) is 3. The lowest BCUT2D eigenvalue weighted by Gasteiger charge is -2.22. The van der Waals surface area contributed by atoms with Gasteiger partial charge >= 0.3 is 0 Å². The average molecular weight is 368 g/mol. The first-order chi connectivity index (χ1) is 7.44. The number of pyridine rings is 1. The van der Waals surface area contributed by atoms with E-state index in [1.165, 1.54) is 0 Å². The molecular formula is C11H16Br2N2S. The first-order valence-electron chi connectivity index (χ1n) is 5.00. The Bertz CT molecular complexity index is 356. The standard InChI is InChI=1S/C11H16Br2N2S/c1-11(2,16-3)7-14-6-10-9(13)4-8(12)5-15-10/h4-5,14H,6-7H2,1-3H3. The summed E-state index contributed by atoms with van der Waals surface area (Å²) in [5.74, 6) is 0. The van der Waals surface area contributed by atoms with Crippen LogP contribution in [-0.2, 0) is 6.54 Å². The van der Waals surface area contributed by atoms with Crippen LogP contribution in [0.15, 0.2) is 21.2 Å². The minimum Gasteiger partial charge on any atom is -0.310 e. The number of thioether (sulfide) groups is 1. The van der Waals surface area contributed by atoms with Gasteiger partial charge < -0.3 is 5.32 Å². The molecule has 0 fully saturated rings. The van der Waals surface area contributed by atoms with Gasteiger partial charge in [0, 0.05) is 33.0 Å². The van der Waals surface area contributed by atoms with Gasteiger partial charge in [0.25, 0.3) is 0 Å². The van der Waals surface area contributed by atoms with Crippen molar-refractivity contribution in [1.82, 2.24) is 10.3 Å². The molecule has 0 saturated heterocycles. The summed E-state index contributed by atoms with van der Waals surface area (Å²) in [6, 6.07) is 2.02. The quantitative estimate of drug-likeness (QED) is 0.855. The van der Waals surface area contributed by atoms with E-state index >= 15 is 0 Å². The Morgan fingerprint density at radius 1 is 1.44 bits per heavy atom. The van der Waals surface area contributed by atoms with E-state index in [1.54, 1.807) is 0 Å². The highest BCUT2D eigenvalue weighted by atomic mass is 79.9. The zero-order valence-electron chi connectivity index (χ0n) is 9.68. The highest BCUT2D eigenvalue weighted by Crippen LogP contribution is 2.21. The van der Waals surface area contributed by atoms with Crippen LogP contribution >= 0.6 is 43.6 Å². The van der Waals surface area contributed by atoms with Crippen molar-refractivity contribution in [3.63, 3.8) is 0 Å². The average Bonchev–Trinajstić information content (AvgIpc) is 2.21. The van der Waals surface area contributed by atoms with Crippen molar-refractivity contribution in [1.29, 1.82) is 0 Å². The van der Waals surface area contributed by atoms with Crippen molar-refractivity contribution in [3.05, 3.63) is 26.9 Å². The molecule has 0 aliphatic carbocycles. The van der Waals surface area contributed by atoms with Gasteiger partial charge in [-0.1, -0.05) is 0 Å². The maximum atomic E-state index is 4.36. The van der Waals surface area contributed by atoms with Gasteiger partial charge in [-0.3, -0.25) is 4.98 Å². The van der Waals surface area contributed by atoms with Crippen molar-refractivity contribution in [2.24, 2.45) is 0 Å². The topological polar surface area (TPSA) is 24.9 Å². The van der Waals surface area contributed by atoms with Crippen LogP contribution in [0.2, 0.25) is 0 Å². The van der Waals surface area contributed by atoms with E-state index in [2.05, 4.69) is 62.3 Å². The third-order valence-electron chi connectivity index (χ3n) is 2.28. The number of nitrogens with zero attached hydrogens (tertiary/aromatic N) is 1. The van der Waals surface area contributed by atoms with Crippen LogP contribution in [0, 0.1) is 0 Å². The molecular weight excluding hydrogens is 352 g/mol. The van der Waals surface area contributed by atoms with E-state index in [-0.39, 0.29) is 4.75 Å². The highest BCUT2D eigenvalue weighted by Gasteiger charge is 2.15. The molecule has 1 heterocycles. The third kappa shape index (κ3) is 4.73. The van der Waals surface area contributed by atoms with Crippen LogP contribution in [-0.4, -0.2) is 22.5 Å². The summed E-state index contributed by atoms with van der Waals surface area (Å²) in [7, 11) is 0. The molecule has 0 unspecified atom stereocenters. The number of rotatable bonds is 5. The summed E-state index contributed by atoms with van der Waals surface area (Å²) in [5.41, 5.74) is 1.04. The molecule has 16 heavy (non-hydrogen) atoms. The lowest BCUT2D eigenvalue weighted by Crippen LogP contribution is -2.31. The maximum Gasteiger partial charge on any atom is 0.0684 e. The molecule has 1 aromatic rings. The minimum absolute atomic E-state index is 0.266. The maximum absolute atomic E-state index is 4.36. The van der Waals surface area contributed by atoms with Gasteiger partial charge in [0.2, 0.25) is 0 Å². The van der Waals surface area contributed by atoms with Crippen molar-refractivity contribution >= 4 is 43.6 Å². The largest absolute Gasteiger partial charge is 0.310 e. The number of aromatic nitrogens is 1. The number of hydrogen-bond donors (Lipinski definition) is 1. The molecule has 0 aliphatic heterocycles. The van der Waals surface area contributed by atoms with Crippen molar-refractivity contribution in [3.8, 4) is 0 Å². The van der Waals surface area contributed by atoms with Crippen molar-refractivity contribution < 1.29 is 0 Å². The predicted octanol–water partition coefficient (Wildman–Crippen LogP) is 3.84. The SMILES string of the molecule is CSC(C)(C)CNCc1ncc(Br)cc1Br. The summed E-state index contributed by atoms with van der Waals surface area (Å²) < 4.78 is 2.30. The van der Waals surface area contributed by atoms with Crippen LogP contribution in [0.25, 0.3) is 0 Å². The van der Waals surface area contributed by atoms with Crippen LogP contribution in [0.3, 0.4) is 0 Å². The van der Waals surface area contributed by atoms with Crippen LogP contribution in [0.4, 0.5) is 0 Å². The van der Waals surface area contributed by atoms with E-state index in [4.69, 9.17) is 0 Å². The fourth-order valence-corrected chi connectivity index (χ4v) is 2.50. The van der Waals surface area contributed by atoms with Gasteiger partial charge in [-0.05, 0) is 58.0 Å². The Morgan fingerprint density at radius 3 is 2.69 bits per heavy atom. The van der Waals surface area contributed by atoms with Crippen LogP contribution in [0.1, 0.15) is 19.5 Å². The molecule has 5 heteroatoms. The second-order valence-corrected chi connectivity index (χ2v) is 7.43. The van der Waals surface area contributed by atoms with Gasteiger partial charge in [-0.25, -0.2) is 0 Å². The summed E-state index contributed by atoms with van der Waals surface area (Å²) >= 11 is 8.77. The fourth-order valence-electron chi connectivity index (χ4n) is 1.13. The molecule has 0 radical (unpaired) electrons. The molecule has 90 valence electrons. The summed E-state index contributed by atoms with van der Waals surface area (Å²) in [6.45, 7) is 6.22. The van der Waals surface area contributed by atoms with Gasteiger partial charge in [0.1, 0.15) is 0 Å². The minimum atomic E-state index is 0.266. The Hall–Kier alpha value is 0.420. The van der Waals surface area contributed by atoms with Crippen LogP contribution in [0.5, 0.6) is 0 Å². The number of nitrogens with one attached hydrogen (secondary N) is 1. The molecule has 1 rings (SSSR count). The van der Waals surface area contributed by atoms with Crippen molar-refractivity contribution in [2.75, 3.05) is 12.8 Å². The van der Waals surface area contributed by atoms with Gasteiger partial charge in [0.15, 0.2) is 0 Å². The molecule has 0 bridgehead atoms. The first-order valence-corrected chi connectivity index (χ1v) is 7.81. The third-order valence-corrected chi connectivity index (χ3v) is 4.65. The number of halogens is 2.